The number of hydrogen-bond donors (Lipinski definition) is 2. The Kier molecular flexibility index (Phi) is 3.83. The smallest absolute Gasteiger partial charge is 0.295 e. The number of nitrogens with zero attached hydrogens (tertiary/aromatic N) is 3. The lowest BCUT2D eigenvalue weighted by molar-refractivity contribution is 0.101. The van der Waals surface area contributed by atoms with Crippen LogP contribution >= 0.6 is 11.3 Å². The number of aromatic nitrogens is 3. The summed E-state index contributed by atoms with van der Waals surface area (Å²) in [6.45, 7) is 9.73. The van der Waals surface area contributed by atoms with E-state index in [1.807, 2.05) is 34.6 Å². The highest BCUT2D eigenvalue weighted by molar-refractivity contribution is 7.16. The van der Waals surface area contributed by atoms with Gasteiger partial charge in [0.15, 0.2) is 0 Å². The SMILES string of the molecule is Cc1sc(NC(=O)c2n[nH]c(C(C)(C)C)n2)c(C#N)c1C. The minimum atomic E-state index is -0.417. The molecule has 0 aromatic carbocycles. The van der Waals surface area contributed by atoms with Gasteiger partial charge in [0.2, 0.25) is 5.82 Å². The summed E-state index contributed by atoms with van der Waals surface area (Å²) in [5.41, 5.74) is 1.18. The van der Waals surface area contributed by atoms with Crippen LogP contribution in [0.5, 0.6) is 0 Å². The number of anilines is 1. The van der Waals surface area contributed by atoms with E-state index in [-0.39, 0.29) is 11.2 Å². The highest BCUT2D eigenvalue weighted by atomic mass is 32.1. The zero-order valence-electron chi connectivity index (χ0n) is 12.7. The minimum absolute atomic E-state index is 0.0764. The van der Waals surface area contributed by atoms with Gasteiger partial charge in [-0.2, -0.15) is 5.26 Å². The van der Waals surface area contributed by atoms with Crippen molar-refractivity contribution < 1.29 is 4.79 Å². The molecule has 0 spiro atoms. The van der Waals surface area contributed by atoms with Crippen LogP contribution in [-0.2, 0) is 5.41 Å². The topological polar surface area (TPSA) is 94.5 Å². The first kappa shape index (κ1) is 15.2. The van der Waals surface area contributed by atoms with Gasteiger partial charge in [-0.3, -0.25) is 9.89 Å². The van der Waals surface area contributed by atoms with Crippen molar-refractivity contribution in [3.63, 3.8) is 0 Å². The normalized spacial score (nSPS) is 11.2. The minimum Gasteiger partial charge on any atom is -0.310 e. The van der Waals surface area contributed by atoms with Gasteiger partial charge in [0.1, 0.15) is 16.9 Å². The lowest BCUT2D eigenvalue weighted by Crippen LogP contribution is -2.16. The summed E-state index contributed by atoms with van der Waals surface area (Å²) >= 11 is 1.38. The number of nitriles is 1. The first-order chi connectivity index (χ1) is 9.74. The summed E-state index contributed by atoms with van der Waals surface area (Å²) in [4.78, 5) is 17.4. The molecule has 2 rings (SSSR count). The van der Waals surface area contributed by atoms with Crippen molar-refractivity contribution in [3.05, 3.63) is 27.7 Å². The molecule has 2 aromatic heterocycles. The number of hydrogen-bond acceptors (Lipinski definition) is 5. The van der Waals surface area contributed by atoms with Gasteiger partial charge >= 0.3 is 0 Å². The number of nitrogens with one attached hydrogen (secondary N) is 2. The number of amides is 1. The van der Waals surface area contributed by atoms with Crippen LogP contribution in [0.15, 0.2) is 0 Å². The number of thiophene rings is 1. The Morgan fingerprint density at radius 3 is 2.57 bits per heavy atom. The van der Waals surface area contributed by atoms with E-state index >= 15 is 0 Å². The number of carbonyl (C=O) groups excluding carboxylic acids is 1. The van der Waals surface area contributed by atoms with Crippen LogP contribution in [-0.4, -0.2) is 21.1 Å². The summed E-state index contributed by atoms with van der Waals surface area (Å²) in [6, 6.07) is 2.12. The predicted molar refractivity (Wildman–Crippen MR) is 81.5 cm³/mol. The van der Waals surface area contributed by atoms with Crippen LogP contribution in [0.25, 0.3) is 0 Å². The Morgan fingerprint density at radius 2 is 2.05 bits per heavy atom. The van der Waals surface area contributed by atoms with Gasteiger partial charge in [-0.1, -0.05) is 20.8 Å². The van der Waals surface area contributed by atoms with Crippen LogP contribution in [0.3, 0.4) is 0 Å². The van der Waals surface area contributed by atoms with Crippen molar-refractivity contribution >= 4 is 22.2 Å². The molecule has 2 aromatic rings. The third-order valence-electron chi connectivity index (χ3n) is 3.12. The van der Waals surface area contributed by atoms with Gasteiger partial charge in [-0.25, -0.2) is 4.98 Å². The number of H-pyrrole nitrogens is 1. The van der Waals surface area contributed by atoms with E-state index in [0.29, 0.717) is 16.4 Å². The van der Waals surface area contributed by atoms with E-state index in [0.717, 1.165) is 10.4 Å². The number of rotatable bonds is 2. The average molecular weight is 303 g/mol. The molecule has 6 nitrogen and oxygen atoms in total. The highest BCUT2D eigenvalue weighted by Gasteiger charge is 2.22. The largest absolute Gasteiger partial charge is 0.310 e. The Balaban J connectivity index is 2.25. The Labute approximate surface area is 127 Å². The first-order valence-electron chi connectivity index (χ1n) is 6.48. The molecule has 0 radical (unpaired) electrons. The van der Waals surface area contributed by atoms with E-state index < -0.39 is 5.91 Å². The van der Waals surface area contributed by atoms with Gasteiger partial charge < -0.3 is 5.32 Å². The van der Waals surface area contributed by atoms with Crippen molar-refractivity contribution in [2.24, 2.45) is 0 Å². The van der Waals surface area contributed by atoms with E-state index in [2.05, 4.69) is 26.6 Å². The lowest BCUT2D eigenvalue weighted by Gasteiger charge is -2.12. The molecular formula is C14H17N5OS. The van der Waals surface area contributed by atoms with Gasteiger partial charge in [0.25, 0.3) is 5.91 Å². The monoisotopic (exact) mass is 303 g/mol. The Morgan fingerprint density at radius 1 is 1.38 bits per heavy atom. The van der Waals surface area contributed by atoms with E-state index in [1.54, 1.807) is 0 Å². The maximum atomic E-state index is 12.2. The standard InChI is InChI=1S/C14H17N5OS/c1-7-8(2)21-12(9(7)6-15)17-11(20)10-16-13(19-18-10)14(3,4)5/h1-5H3,(H,17,20)(H,16,18,19). The second-order valence-corrected chi connectivity index (χ2v) is 7.04. The molecule has 0 saturated carbocycles. The maximum absolute atomic E-state index is 12.2. The molecule has 2 N–H and O–H groups in total. The summed E-state index contributed by atoms with van der Waals surface area (Å²) in [5, 5.41) is 19.1. The molecule has 0 bridgehead atoms. The zero-order valence-corrected chi connectivity index (χ0v) is 13.5. The molecule has 0 saturated heterocycles. The van der Waals surface area contributed by atoms with Crippen LogP contribution in [0.2, 0.25) is 0 Å². The maximum Gasteiger partial charge on any atom is 0.295 e. The predicted octanol–water partition coefficient (Wildman–Crippen LogP) is 2.90. The Bertz CT molecular complexity index is 730. The van der Waals surface area contributed by atoms with E-state index in [9.17, 15) is 10.1 Å². The third-order valence-corrected chi connectivity index (χ3v) is 4.25. The first-order valence-corrected chi connectivity index (χ1v) is 7.30. The zero-order chi connectivity index (χ0) is 15.8. The second kappa shape index (κ2) is 5.30. The molecule has 0 atom stereocenters. The molecule has 2 heterocycles. The molecule has 21 heavy (non-hydrogen) atoms. The van der Waals surface area contributed by atoms with E-state index in [4.69, 9.17) is 0 Å². The second-order valence-electron chi connectivity index (χ2n) is 5.81. The van der Waals surface area contributed by atoms with E-state index in [1.165, 1.54) is 11.3 Å². The molecule has 0 fully saturated rings. The molecule has 0 aliphatic heterocycles. The van der Waals surface area contributed by atoms with Crippen molar-refractivity contribution in [3.8, 4) is 6.07 Å². The molecule has 7 heteroatoms. The summed E-state index contributed by atoms with van der Waals surface area (Å²) < 4.78 is 0. The van der Waals surface area contributed by atoms with Crippen LogP contribution in [0.1, 0.15) is 53.2 Å². The third kappa shape index (κ3) is 2.95. The fraction of sp³-hybridized carbons (Fsp3) is 0.429. The fourth-order valence-corrected chi connectivity index (χ4v) is 2.71. The summed E-state index contributed by atoms with van der Waals surface area (Å²) in [6.07, 6.45) is 0. The van der Waals surface area contributed by atoms with Crippen LogP contribution < -0.4 is 5.32 Å². The lowest BCUT2D eigenvalue weighted by atomic mass is 9.96. The van der Waals surface area contributed by atoms with Crippen molar-refractivity contribution in [2.45, 2.75) is 40.0 Å². The average Bonchev–Trinajstić information content (AvgIpc) is 2.96. The van der Waals surface area contributed by atoms with Gasteiger partial charge in [-0.05, 0) is 19.4 Å². The van der Waals surface area contributed by atoms with Gasteiger partial charge in [0.05, 0.1) is 5.56 Å². The highest BCUT2D eigenvalue weighted by Crippen LogP contribution is 2.31. The molecule has 110 valence electrons. The number of aromatic amines is 1. The molecule has 1 amide bonds. The summed E-state index contributed by atoms with van der Waals surface area (Å²) in [7, 11) is 0. The van der Waals surface area contributed by atoms with Crippen molar-refractivity contribution in [2.75, 3.05) is 5.32 Å². The van der Waals surface area contributed by atoms with Crippen LogP contribution in [0.4, 0.5) is 5.00 Å². The molecule has 0 aliphatic rings. The summed E-state index contributed by atoms with van der Waals surface area (Å²) in [5.74, 6) is 0.304. The quantitative estimate of drug-likeness (QED) is 0.891. The number of carbonyl (C=O) groups is 1. The van der Waals surface area contributed by atoms with Crippen molar-refractivity contribution in [1.82, 2.24) is 15.2 Å². The van der Waals surface area contributed by atoms with Gasteiger partial charge in [-0.15, -0.1) is 16.4 Å². The van der Waals surface area contributed by atoms with Crippen molar-refractivity contribution in [1.29, 1.82) is 5.26 Å². The number of aryl methyl sites for hydroxylation is 1. The molecule has 0 unspecified atom stereocenters. The molecule has 0 aliphatic carbocycles. The van der Waals surface area contributed by atoms with Crippen LogP contribution in [0, 0.1) is 25.2 Å². The molecular weight excluding hydrogens is 286 g/mol. The van der Waals surface area contributed by atoms with Gasteiger partial charge in [0, 0.05) is 10.3 Å². The fourth-order valence-electron chi connectivity index (χ4n) is 1.71. The Hall–Kier alpha value is -2.20.